The number of nitrogens with one attached hydrogen (secondary N) is 3. The molecule has 13 nitrogen and oxygen atoms in total. The molecule has 0 bridgehead atoms. The number of carbonyl (C=O) groups excluding carboxylic acids is 5. The number of aromatic carboxylic acids is 1. The molecule has 0 saturated carbocycles. The van der Waals surface area contributed by atoms with E-state index in [9.17, 15) is 33.9 Å². The summed E-state index contributed by atoms with van der Waals surface area (Å²) in [6.45, 7) is 0.447. The van der Waals surface area contributed by atoms with Crippen molar-refractivity contribution >= 4 is 182 Å². The zero-order valence-electron chi connectivity index (χ0n) is 23.1. The minimum absolute atomic E-state index is 0.0306. The van der Waals surface area contributed by atoms with Crippen LogP contribution >= 0.6 is 136 Å². The smallest absolute Gasteiger partial charge is 0.337 e. The fourth-order valence-corrected chi connectivity index (χ4v) is 13.4. The van der Waals surface area contributed by atoms with Crippen LogP contribution in [0.25, 0.3) is 0 Å². The number of rotatable bonds is 10. The van der Waals surface area contributed by atoms with Gasteiger partial charge >= 0.3 is 5.97 Å². The summed E-state index contributed by atoms with van der Waals surface area (Å²) >= 11 is 11.2. The number of carboxylic acid groups (broad SMARTS) is 1. The van der Waals surface area contributed by atoms with Crippen molar-refractivity contribution in [2.45, 2.75) is 6.92 Å². The van der Waals surface area contributed by atoms with E-state index >= 15 is 0 Å². The largest absolute Gasteiger partial charge is 0.478 e. The van der Waals surface area contributed by atoms with Crippen molar-refractivity contribution in [3.8, 4) is 0 Å². The molecule has 5 amide bonds. The van der Waals surface area contributed by atoms with Crippen molar-refractivity contribution in [3.05, 3.63) is 43.7 Å². The van der Waals surface area contributed by atoms with E-state index in [1.807, 2.05) is 90.4 Å². The Labute approximate surface area is 334 Å². The lowest BCUT2D eigenvalue weighted by molar-refractivity contribution is -0.117. The van der Waals surface area contributed by atoms with Crippen molar-refractivity contribution in [2.75, 3.05) is 50.6 Å². The number of benzene rings is 2. The lowest BCUT2D eigenvalue weighted by Gasteiger charge is -2.25. The third-order valence-corrected chi connectivity index (χ3v) is 12.4. The van der Waals surface area contributed by atoms with Gasteiger partial charge < -0.3 is 36.0 Å². The fourth-order valence-electron chi connectivity index (χ4n) is 3.70. The molecule has 0 aliphatic carbocycles. The van der Waals surface area contributed by atoms with E-state index in [-0.39, 0.29) is 54.1 Å². The average Bonchev–Trinajstić information content (AvgIpc) is 2.93. The molecule has 0 saturated heterocycles. The Balaban J connectivity index is 2.57. The number of aliphatic hydroxyl groups excluding tert-OH is 1. The van der Waals surface area contributed by atoms with Crippen LogP contribution in [-0.2, 0) is 9.59 Å². The molecular formula is C25H23I6N5O8. The van der Waals surface area contributed by atoms with Crippen LogP contribution in [-0.4, -0.2) is 86.6 Å². The van der Waals surface area contributed by atoms with Gasteiger partial charge in [-0.25, -0.2) is 4.79 Å². The minimum Gasteiger partial charge on any atom is -0.478 e. The van der Waals surface area contributed by atoms with Gasteiger partial charge in [-0.2, -0.15) is 0 Å². The van der Waals surface area contributed by atoms with Gasteiger partial charge in [-0.15, -0.1) is 0 Å². The maximum Gasteiger partial charge on any atom is 0.337 e. The van der Waals surface area contributed by atoms with Crippen LogP contribution in [0.15, 0.2) is 0 Å². The molecule has 19 heteroatoms. The molecule has 0 aromatic heterocycles. The number of anilines is 2. The highest BCUT2D eigenvalue weighted by Crippen LogP contribution is 2.39. The molecule has 0 atom stereocenters. The second-order valence-electron chi connectivity index (χ2n) is 8.66. The van der Waals surface area contributed by atoms with Gasteiger partial charge in [-0.1, -0.05) is 0 Å². The van der Waals surface area contributed by atoms with Gasteiger partial charge in [0.25, 0.3) is 17.7 Å². The van der Waals surface area contributed by atoms with Crippen molar-refractivity contribution in [2.24, 2.45) is 0 Å². The van der Waals surface area contributed by atoms with Gasteiger partial charge in [-0.3, -0.25) is 24.0 Å². The van der Waals surface area contributed by atoms with Crippen LogP contribution in [0.4, 0.5) is 11.4 Å². The van der Waals surface area contributed by atoms with Crippen molar-refractivity contribution < 1.29 is 39.0 Å². The molecule has 2 aromatic rings. The zero-order valence-corrected chi connectivity index (χ0v) is 36.1. The molecule has 0 spiro atoms. The van der Waals surface area contributed by atoms with E-state index in [1.165, 1.54) is 33.0 Å². The predicted molar refractivity (Wildman–Crippen MR) is 214 cm³/mol. The first kappa shape index (κ1) is 39.8. The van der Waals surface area contributed by atoms with Crippen LogP contribution in [0, 0.1) is 21.4 Å². The standard InChI is InChI=1S/C25H23I6N5O8/c1-8(38)35(3)20-16(28)10(22(40)32-2)14(26)11(17(20)29)24(42)34-7-9(39)36(4)21-18(30)12(23(41)33-5-6-37)15(27)13(19(21)31)25(43)44/h37H,5-7H2,1-4H3,(H,32,40)(H,33,41)(H,34,42)(H,43,44). The van der Waals surface area contributed by atoms with Gasteiger partial charge in [0.2, 0.25) is 11.8 Å². The topological polar surface area (TPSA) is 185 Å². The summed E-state index contributed by atoms with van der Waals surface area (Å²) in [5.41, 5.74) is 0.667. The van der Waals surface area contributed by atoms with Gasteiger partial charge in [0, 0.05) is 41.8 Å². The summed E-state index contributed by atoms with van der Waals surface area (Å²) in [5, 5.41) is 26.7. The summed E-state index contributed by atoms with van der Waals surface area (Å²) in [6, 6.07) is 0. The molecule has 0 fully saturated rings. The minimum atomic E-state index is -1.30. The summed E-state index contributed by atoms with van der Waals surface area (Å²) in [7, 11) is 4.36. The zero-order chi connectivity index (χ0) is 33.8. The number of halogens is 6. The van der Waals surface area contributed by atoms with Crippen molar-refractivity contribution in [1.82, 2.24) is 16.0 Å². The van der Waals surface area contributed by atoms with Crippen LogP contribution in [0.5, 0.6) is 0 Å². The molecule has 44 heavy (non-hydrogen) atoms. The lowest BCUT2D eigenvalue weighted by Crippen LogP contribution is -2.40. The Morgan fingerprint density at radius 2 is 1.07 bits per heavy atom. The Bertz CT molecular complexity index is 1590. The summed E-state index contributed by atoms with van der Waals surface area (Å²) < 4.78 is 1.86. The Kier molecular flexibility index (Phi) is 15.5. The number of likely N-dealkylation sites (N-methyl/N-ethyl adjacent to an activating group) is 1. The molecular weight excluding hydrogens is 1260 g/mol. The van der Waals surface area contributed by atoms with E-state index in [4.69, 9.17) is 5.11 Å². The first-order chi connectivity index (χ1) is 20.5. The normalized spacial score (nSPS) is 10.6. The van der Waals surface area contributed by atoms with Crippen molar-refractivity contribution in [3.63, 3.8) is 0 Å². The third kappa shape index (κ3) is 8.35. The number of hydrogen-bond donors (Lipinski definition) is 5. The highest BCUT2D eigenvalue weighted by atomic mass is 127. The molecule has 0 unspecified atom stereocenters. The third-order valence-electron chi connectivity index (χ3n) is 6.02. The van der Waals surface area contributed by atoms with Gasteiger partial charge in [0.05, 0.1) is 61.1 Å². The Morgan fingerprint density at radius 3 is 1.50 bits per heavy atom. The quantitative estimate of drug-likeness (QED) is 0.224. The maximum atomic E-state index is 13.6. The van der Waals surface area contributed by atoms with Gasteiger partial charge in [0.15, 0.2) is 0 Å². The molecule has 0 heterocycles. The highest BCUT2D eigenvalue weighted by molar-refractivity contribution is 14.1. The predicted octanol–water partition coefficient (Wildman–Crippen LogP) is 3.47. The monoisotopic (exact) mass is 1280 g/mol. The molecule has 0 radical (unpaired) electrons. The summed E-state index contributed by atoms with van der Waals surface area (Å²) in [4.78, 5) is 79.6. The van der Waals surface area contributed by atoms with E-state index in [0.29, 0.717) is 20.0 Å². The van der Waals surface area contributed by atoms with E-state index in [1.54, 1.807) is 45.2 Å². The van der Waals surface area contributed by atoms with E-state index in [0.717, 1.165) is 4.90 Å². The number of hydrogen-bond acceptors (Lipinski definition) is 7. The fraction of sp³-hybridized carbons (Fsp3) is 0.280. The van der Waals surface area contributed by atoms with Crippen LogP contribution in [0.1, 0.15) is 48.4 Å². The molecule has 5 N–H and O–H groups in total. The number of aliphatic hydroxyl groups is 1. The molecule has 2 rings (SSSR count). The van der Waals surface area contributed by atoms with Gasteiger partial charge in [0.1, 0.15) is 0 Å². The molecule has 0 aliphatic rings. The molecule has 2 aromatic carbocycles. The average molecular weight is 1280 g/mol. The highest BCUT2D eigenvalue weighted by Gasteiger charge is 2.32. The van der Waals surface area contributed by atoms with E-state index < -0.39 is 36.1 Å². The first-order valence-corrected chi connectivity index (χ1v) is 18.5. The van der Waals surface area contributed by atoms with Crippen LogP contribution < -0.4 is 25.8 Å². The van der Waals surface area contributed by atoms with Crippen molar-refractivity contribution in [1.29, 1.82) is 0 Å². The number of carbonyl (C=O) groups is 6. The van der Waals surface area contributed by atoms with Crippen LogP contribution in [0.2, 0.25) is 0 Å². The maximum absolute atomic E-state index is 13.6. The van der Waals surface area contributed by atoms with E-state index in [2.05, 4.69) is 16.0 Å². The molecule has 0 aliphatic heterocycles. The second kappa shape index (κ2) is 17.1. The second-order valence-corrected chi connectivity index (χ2v) is 15.1. The SMILES string of the molecule is CNC(=O)c1c(I)c(C(=O)NCC(=O)N(C)c2c(I)c(C(=O)O)c(I)c(C(=O)NCCO)c2I)c(I)c(N(C)C(C)=O)c1I. The lowest BCUT2D eigenvalue weighted by atomic mass is 10.1. The molecule has 238 valence electrons. The first-order valence-electron chi connectivity index (χ1n) is 12.0. The number of carboxylic acids is 1. The summed E-state index contributed by atoms with van der Waals surface area (Å²) in [5.74, 6) is -4.01. The Hall–Kier alpha value is -0.400. The number of nitrogens with zero attached hydrogens (tertiary/aromatic N) is 2. The Morgan fingerprint density at radius 1 is 0.659 bits per heavy atom. The number of amides is 5. The summed E-state index contributed by atoms with van der Waals surface area (Å²) in [6.07, 6.45) is 0. The van der Waals surface area contributed by atoms with Gasteiger partial charge in [-0.05, 0) is 136 Å². The van der Waals surface area contributed by atoms with Crippen LogP contribution in [0.3, 0.4) is 0 Å².